The summed E-state index contributed by atoms with van der Waals surface area (Å²) in [5.41, 5.74) is 0.737. The van der Waals surface area contributed by atoms with E-state index in [4.69, 9.17) is 9.47 Å². The molecule has 0 amide bonds. The molecule has 1 fully saturated rings. The Kier molecular flexibility index (Phi) is 3.08. The minimum Gasteiger partial charge on any atom is -0.493 e. The summed E-state index contributed by atoms with van der Waals surface area (Å²) in [7, 11) is 1.62. The van der Waals surface area contributed by atoms with Crippen molar-refractivity contribution < 1.29 is 19.4 Å². The molecule has 2 aliphatic carbocycles. The number of aliphatic hydroxyl groups is 1. The van der Waals surface area contributed by atoms with Gasteiger partial charge in [0.2, 0.25) is 0 Å². The highest BCUT2D eigenvalue weighted by Gasteiger charge is 2.69. The van der Waals surface area contributed by atoms with Gasteiger partial charge in [0.05, 0.1) is 18.1 Å². The summed E-state index contributed by atoms with van der Waals surface area (Å²) in [5, 5.41) is 11.7. The van der Waals surface area contributed by atoms with Crippen LogP contribution >= 0.6 is 0 Å². The number of hydrogen-bond donors (Lipinski definition) is 1. The van der Waals surface area contributed by atoms with Crippen molar-refractivity contribution in [2.45, 2.75) is 63.1 Å². The van der Waals surface area contributed by atoms with Gasteiger partial charge in [-0.2, -0.15) is 0 Å². The monoisotopic (exact) mass is 316 g/mol. The van der Waals surface area contributed by atoms with E-state index in [1.165, 1.54) is 5.56 Å². The molecular formula is C19H24O4. The largest absolute Gasteiger partial charge is 0.493 e. The number of ether oxygens (including phenoxy) is 2. The Labute approximate surface area is 136 Å². The molecule has 1 saturated carbocycles. The zero-order valence-electron chi connectivity index (χ0n) is 14.0. The van der Waals surface area contributed by atoms with Crippen LogP contribution in [-0.4, -0.2) is 29.7 Å². The Hall–Kier alpha value is -1.55. The van der Waals surface area contributed by atoms with E-state index in [1.807, 2.05) is 6.07 Å². The molecule has 0 radical (unpaired) electrons. The number of hydrogen-bond acceptors (Lipinski definition) is 4. The standard InChI is InChI=1S/C19H24O4/c1-4-8-18-15-12-5-6-14(22-3)16(15)23-17(18)13(20)7-9-19(18,21)11(2)10-12/h5-6,11,17,21H,4,7-10H2,1-3H3/t11-,17+,18+,19-/m1/s1. The summed E-state index contributed by atoms with van der Waals surface area (Å²) in [5.74, 6) is 1.57. The summed E-state index contributed by atoms with van der Waals surface area (Å²) in [6.45, 7) is 4.21. The van der Waals surface area contributed by atoms with Crippen LogP contribution in [0.1, 0.15) is 50.7 Å². The molecule has 0 saturated heterocycles. The van der Waals surface area contributed by atoms with E-state index in [0.717, 1.165) is 24.8 Å². The third kappa shape index (κ3) is 1.58. The fraction of sp³-hybridized carbons (Fsp3) is 0.632. The lowest BCUT2D eigenvalue weighted by Crippen LogP contribution is -2.67. The zero-order chi connectivity index (χ0) is 16.4. The van der Waals surface area contributed by atoms with Gasteiger partial charge in [-0.05, 0) is 36.8 Å². The lowest BCUT2D eigenvalue weighted by molar-refractivity contribution is -0.164. The first-order valence-electron chi connectivity index (χ1n) is 8.61. The van der Waals surface area contributed by atoms with Crippen LogP contribution in [0.25, 0.3) is 0 Å². The molecule has 0 unspecified atom stereocenters. The van der Waals surface area contributed by atoms with Crippen LogP contribution in [0.3, 0.4) is 0 Å². The van der Waals surface area contributed by atoms with Gasteiger partial charge in [0, 0.05) is 12.0 Å². The van der Waals surface area contributed by atoms with Crippen LogP contribution in [0.5, 0.6) is 11.5 Å². The number of Topliss-reactive ketones (excluding diaryl/α,β-unsaturated/α-hetero) is 1. The van der Waals surface area contributed by atoms with E-state index >= 15 is 0 Å². The third-order valence-electron chi connectivity index (χ3n) is 6.36. The Morgan fingerprint density at radius 2 is 2.22 bits per heavy atom. The van der Waals surface area contributed by atoms with Gasteiger partial charge in [-0.1, -0.05) is 26.3 Å². The number of methoxy groups -OCH3 is 1. The summed E-state index contributed by atoms with van der Waals surface area (Å²) < 4.78 is 11.6. The molecule has 0 aromatic heterocycles. The highest BCUT2D eigenvalue weighted by molar-refractivity contribution is 5.89. The Morgan fingerprint density at radius 1 is 1.43 bits per heavy atom. The highest BCUT2D eigenvalue weighted by atomic mass is 16.5. The molecule has 3 aliphatic rings. The van der Waals surface area contributed by atoms with Crippen LogP contribution in [0, 0.1) is 5.92 Å². The minimum atomic E-state index is -0.883. The minimum absolute atomic E-state index is 0.111. The summed E-state index contributed by atoms with van der Waals surface area (Å²) in [4.78, 5) is 12.7. The molecule has 4 atom stereocenters. The molecule has 1 heterocycles. The summed E-state index contributed by atoms with van der Waals surface area (Å²) in [6.07, 6.45) is 2.83. The molecule has 1 aromatic carbocycles. The van der Waals surface area contributed by atoms with Crippen molar-refractivity contribution in [3.8, 4) is 11.5 Å². The zero-order valence-corrected chi connectivity index (χ0v) is 14.0. The fourth-order valence-electron chi connectivity index (χ4n) is 5.39. The molecule has 1 aliphatic heterocycles. The van der Waals surface area contributed by atoms with Gasteiger partial charge < -0.3 is 14.6 Å². The quantitative estimate of drug-likeness (QED) is 0.931. The van der Waals surface area contributed by atoms with Crippen LogP contribution in [0.2, 0.25) is 0 Å². The van der Waals surface area contributed by atoms with E-state index in [9.17, 15) is 9.90 Å². The van der Waals surface area contributed by atoms with Crippen molar-refractivity contribution in [2.24, 2.45) is 5.92 Å². The van der Waals surface area contributed by atoms with Gasteiger partial charge in [0.15, 0.2) is 23.4 Å². The predicted octanol–water partition coefficient (Wildman–Crippen LogP) is 2.78. The van der Waals surface area contributed by atoms with Crippen molar-refractivity contribution >= 4 is 5.78 Å². The van der Waals surface area contributed by atoms with E-state index in [1.54, 1.807) is 7.11 Å². The lowest BCUT2D eigenvalue weighted by Gasteiger charge is -2.56. The van der Waals surface area contributed by atoms with Gasteiger partial charge in [-0.15, -0.1) is 0 Å². The second kappa shape index (κ2) is 4.73. The van der Waals surface area contributed by atoms with Crippen LogP contribution < -0.4 is 9.47 Å². The molecule has 4 rings (SSSR count). The SMILES string of the molecule is CCC[C@]12c3c4ccc(OC)c3O[C@H]1C(=O)CC[C@@]2(O)[C@H](C)C4. The van der Waals surface area contributed by atoms with Crippen molar-refractivity contribution in [2.75, 3.05) is 7.11 Å². The molecule has 4 heteroatoms. The average molecular weight is 316 g/mol. The van der Waals surface area contributed by atoms with Crippen molar-refractivity contribution in [1.29, 1.82) is 0 Å². The number of ketones is 1. The first kappa shape index (κ1) is 15.0. The van der Waals surface area contributed by atoms with Gasteiger partial charge in [0.1, 0.15) is 0 Å². The molecule has 1 aromatic rings. The molecule has 0 spiro atoms. The van der Waals surface area contributed by atoms with Crippen LogP contribution in [0.15, 0.2) is 12.1 Å². The normalized spacial score (nSPS) is 37.3. The second-order valence-electron chi connectivity index (χ2n) is 7.35. The number of benzene rings is 1. The predicted molar refractivity (Wildman–Crippen MR) is 86.1 cm³/mol. The first-order chi connectivity index (χ1) is 11.0. The molecule has 0 bridgehead atoms. The fourth-order valence-corrected chi connectivity index (χ4v) is 5.39. The van der Waals surface area contributed by atoms with Crippen LogP contribution in [-0.2, 0) is 16.6 Å². The van der Waals surface area contributed by atoms with E-state index in [2.05, 4.69) is 19.9 Å². The Bertz CT molecular complexity index is 682. The number of carbonyl (C=O) groups excluding carboxylic acids is 1. The maximum atomic E-state index is 12.7. The van der Waals surface area contributed by atoms with Gasteiger partial charge >= 0.3 is 0 Å². The summed E-state index contributed by atoms with van der Waals surface area (Å²) >= 11 is 0. The topological polar surface area (TPSA) is 55.8 Å². The molecular weight excluding hydrogens is 292 g/mol. The molecule has 124 valence electrons. The smallest absolute Gasteiger partial charge is 0.174 e. The lowest BCUT2D eigenvalue weighted by atomic mass is 9.49. The second-order valence-corrected chi connectivity index (χ2v) is 7.35. The van der Waals surface area contributed by atoms with E-state index < -0.39 is 17.1 Å². The first-order valence-corrected chi connectivity index (χ1v) is 8.61. The van der Waals surface area contributed by atoms with Crippen molar-refractivity contribution in [3.05, 3.63) is 23.3 Å². The van der Waals surface area contributed by atoms with E-state index in [-0.39, 0.29) is 11.7 Å². The van der Waals surface area contributed by atoms with Crippen molar-refractivity contribution in [3.63, 3.8) is 0 Å². The molecule has 1 N–H and O–H groups in total. The third-order valence-corrected chi connectivity index (χ3v) is 6.36. The highest BCUT2D eigenvalue weighted by Crippen LogP contribution is 2.64. The van der Waals surface area contributed by atoms with Gasteiger partial charge in [-0.3, -0.25) is 4.79 Å². The van der Waals surface area contributed by atoms with E-state index in [0.29, 0.717) is 24.3 Å². The van der Waals surface area contributed by atoms with Gasteiger partial charge in [-0.25, -0.2) is 0 Å². The van der Waals surface area contributed by atoms with Crippen molar-refractivity contribution in [1.82, 2.24) is 0 Å². The molecule has 4 nitrogen and oxygen atoms in total. The number of carbonyl (C=O) groups is 1. The number of rotatable bonds is 3. The Morgan fingerprint density at radius 3 is 2.91 bits per heavy atom. The average Bonchev–Trinajstić information content (AvgIpc) is 2.89. The Balaban J connectivity index is 2.06. The molecule has 23 heavy (non-hydrogen) atoms. The maximum Gasteiger partial charge on any atom is 0.174 e. The van der Waals surface area contributed by atoms with Crippen LogP contribution in [0.4, 0.5) is 0 Å². The van der Waals surface area contributed by atoms with Gasteiger partial charge in [0.25, 0.3) is 0 Å². The maximum absolute atomic E-state index is 12.7. The summed E-state index contributed by atoms with van der Waals surface area (Å²) in [6, 6.07) is 4.00.